The molecule has 1 fully saturated rings. The minimum absolute atomic E-state index is 0.0379. The van der Waals surface area contributed by atoms with E-state index in [4.69, 9.17) is 4.52 Å². The molecule has 0 saturated carbocycles. The van der Waals surface area contributed by atoms with Crippen molar-refractivity contribution in [3.63, 3.8) is 0 Å². The summed E-state index contributed by atoms with van der Waals surface area (Å²) in [7, 11) is 0. The van der Waals surface area contributed by atoms with Crippen molar-refractivity contribution in [2.45, 2.75) is 38.6 Å². The average Bonchev–Trinajstić information content (AvgIpc) is 2.82. The van der Waals surface area contributed by atoms with E-state index < -0.39 is 0 Å². The van der Waals surface area contributed by atoms with Crippen LogP contribution in [0, 0.1) is 0 Å². The van der Waals surface area contributed by atoms with Crippen molar-refractivity contribution in [3.05, 3.63) is 17.0 Å². The van der Waals surface area contributed by atoms with Gasteiger partial charge in [0, 0.05) is 37.7 Å². The van der Waals surface area contributed by atoms with Crippen molar-refractivity contribution in [2.75, 3.05) is 19.6 Å². The number of nitrogens with zero attached hydrogens (tertiary/aromatic N) is 2. The Kier molecular flexibility index (Phi) is 3.07. The van der Waals surface area contributed by atoms with Crippen LogP contribution in [0.4, 0.5) is 0 Å². The Balaban J connectivity index is 1.85. The number of carbonyl (C=O) groups is 1. The molecule has 1 amide bonds. The zero-order valence-electron chi connectivity index (χ0n) is 10.7. The highest BCUT2D eigenvalue weighted by atomic mass is 16.5. The summed E-state index contributed by atoms with van der Waals surface area (Å²) in [5.74, 6) is 0.961. The Labute approximate surface area is 107 Å². The molecule has 1 atom stereocenters. The fourth-order valence-corrected chi connectivity index (χ4v) is 2.83. The van der Waals surface area contributed by atoms with Crippen molar-refractivity contribution in [1.29, 1.82) is 0 Å². The molecule has 18 heavy (non-hydrogen) atoms. The zero-order valence-corrected chi connectivity index (χ0v) is 10.7. The van der Waals surface area contributed by atoms with E-state index in [1.54, 1.807) is 0 Å². The van der Waals surface area contributed by atoms with Crippen LogP contribution in [0.1, 0.15) is 41.6 Å². The molecular weight excluding hydrogens is 230 g/mol. The minimum Gasteiger partial charge on any atom is -0.360 e. The molecule has 1 N–H and O–H groups in total. The largest absolute Gasteiger partial charge is 0.360 e. The lowest BCUT2D eigenvalue weighted by atomic mass is 9.96. The Bertz CT molecular complexity index is 455. The van der Waals surface area contributed by atoms with Crippen molar-refractivity contribution in [2.24, 2.45) is 0 Å². The van der Waals surface area contributed by atoms with E-state index in [0.29, 0.717) is 5.69 Å². The second-order valence-corrected chi connectivity index (χ2v) is 5.19. The van der Waals surface area contributed by atoms with E-state index in [9.17, 15) is 4.79 Å². The van der Waals surface area contributed by atoms with Crippen molar-refractivity contribution < 1.29 is 9.32 Å². The Hall–Kier alpha value is -1.36. The molecule has 0 radical (unpaired) electrons. The lowest BCUT2D eigenvalue weighted by molar-refractivity contribution is 0.0644. The van der Waals surface area contributed by atoms with Gasteiger partial charge >= 0.3 is 0 Å². The maximum Gasteiger partial charge on any atom is 0.276 e. The van der Waals surface area contributed by atoms with Gasteiger partial charge in [0.1, 0.15) is 5.76 Å². The molecule has 0 spiro atoms. The van der Waals surface area contributed by atoms with Gasteiger partial charge in [-0.2, -0.15) is 0 Å². The maximum atomic E-state index is 12.5. The van der Waals surface area contributed by atoms with Gasteiger partial charge in [0.25, 0.3) is 5.91 Å². The number of aryl methyl sites for hydroxylation is 1. The van der Waals surface area contributed by atoms with Crippen LogP contribution >= 0.6 is 0 Å². The van der Waals surface area contributed by atoms with Crippen LogP contribution in [0.2, 0.25) is 0 Å². The first kappa shape index (κ1) is 11.7. The summed E-state index contributed by atoms with van der Waals surface area (Å²) < 4.78 is 5.32. The van der Waals surface area contributed by atoms with E-state index in [2.05, 4.69) is 17.4 Å². The summed E-state index contributed by atoms with van der Waals surface area (Å²) in [5.41, 5.74) is 1.61. The summed E-state index contributed by atoms with van der Waals surface area (Å²) in [4.78, 5) is 14.4. The topological polar surface area (TPSA) is 58.4 Å². The molecule has 5 heteroatoms. The third-order valence-electron chi connectivity index (χ3n) is 3.91. The molecule has 1 saturated heterocycles. The molecule has 3 rings (SSSR count). The highest BCUT2D eigenvalue weighted by Crippen LogP contribution is 2.25. The normalized spacial score (nSPS) is 23.8. The first-order valence-corrected chi connectivity index (χ1v) is 6.76. The molecule has 2 heterocycles. The third-order valence-corrected chi connectivity index (χ3v) is 3.91. The van der Waals surface area contributed by atoms with Gasteiger partial charge in [0.05, 0.1) is 0 Å². The predicted octanol–water partition coefficient (Wildman–Crippen LogP) is 0.987. The van der Waals surface area contributed by atoms with Gasteiger partial charge in [-0.3, -0.25) is 4.79 Å². The van der Waals surface area contributed by atoms with Crippen LogP contribution in [0.5, 0.6) is 0 Å². The van der Waals surface area contributed by atoms with Gasteiger partial charge in [0.2, 0.25) is 0 Å². The van der Waals surface area contributed by atoms with Gasteiger partial charge in [0.15, 0.2) is 5.69 Å². The van der Waals surface area contributed by atoms with Crippen LogP contribution in [-0.4, -0.2) is 41.6 Å². The summed E-state index contributed by atoms with van der Waals surface area (Å²) in [6.45, 7) is 4.53. The van der Waals surface area contributed by atoms with Gasteiger partial charge < -0.3 is 14.7 Å². The van der Waals surface area contributed by atoms with Crippen LogP contribution in [0.25, 0.3) is 0 Å². The molecule has 1 aromatic heterocycles. The SMILES string of the molecule is C[C@@H]1CNCCN1C(=O)c1noc2c1CCCC2. The summed E-state index contributed by atoms with van der Waals surface area (Å²) in [5, 5.41) is 7.31. The van der Waals surface area contributed by atoms with Gasteiger partial charge in [-0.15, -0.1) is 0 Å². The number of carbonyl (C=O) groups excluding carboxylic acids is 1. The van der Waals surface area contributed by atoms with Crippen molar-refractivity contribution in [3.8, 4) is 0 Å². The summed E-state index contributed by atoms with van der Waals surface area (Å²) in [6.07, 6.45) is 4.12. The predicted molar refractivity (Wildman–Crippen MR) is 66.5 cm³/mol. The smallest absolute Gasteiger partial charge is 0.276 e. The molecule has 1 aliphatic carbocycles. The number of aromatic nitrogens is 1. The van der Waals surface area contributed by atoms with E-state index in [-0.39, 0.29) is 11.9 Å². The number of hydrogen-bond acceptors (Lipinski definition) is 4. The molecule has 0 aromatic carbocycles. The number of piperazine rings is 1. The van der Waals surface area contributed by atoms with Crippen LogP contribution in [0.15, 0.2) is 4.52 Å². The monoisotopic (exact) mass is 249 g/mol. The fourth-order valence-electron chi connectivity index (χ4n) is 2.83. The number of rotatable bonds is 1. The lowest BCUT2D eigenvalue weighted by Gasteiger charge is -2.33. The highest BCUT2D eigenvalue weighted by Gasteiger charge is 2.30. The summed E-state index contributed by atoms with van der Waals surface area (Å²) >= 11 is 0. The standard InChI is InChI=1S/C13H19N3O2/c1-9-8-14-6-7-16(9)13(17)12-10-4-2-3-5-11(10)18-15-12/h9,14H,2-8H2,1H3/t9-/m1/s1. The number of hydrogen-bond donors (Lipinski definition) is 1. The third kappa shape index (κ3) is 1.92. The summed E-state index contributed by atoms with van der Waals surface area (Å²) in [6, 6.07) is 0.224. The van der Waals surface area contributed by atoms with Gasteiger partial charge in [-0.25, -0.2) is 0 Å². The quantitative estimate of drug-likeness (QED) is 0.806. The zero-order chi connectivity index (χ0) is 12.5. The first-order chi connectivity index (χ1) is 8.77. The van der Waals surface area contributed by atoms with E-state index in [1.807, 2.05) is 4.90 Å². The van der Waals surface area contributed by atoms with Gasteiger partial charge in [-0.05, 0) is 26.2 Å². The fraction of sp³-hybridized carbons (Fsp3) is 0.692. The minimum atomic E-state index is 0.0379. The molecule has 1 aromatic rings. The Morgan fingerprint density at radius 3 is 3.11 bits per heavy atom. The maximum absolute atomic E-state index is 12.5. The number of fused-ring (bicyclic) bond motifs is 1. The van der Waals surface area contributed by atoms with Gasteiger partial charge in [-0.1, -0.05) is 5.16 Å². The van der Waals surface area contributed by atoms with Crippen LogP contribution in [-0.2, 0) is 12.8 Å². The molecule has 0 bridgehead atoms. The second-order valence-electron chi connectivity index (χ2n) is 5.19. The Morgan fingerprint density at radius 2 is 2.28 bits per heavy atom. The molecule has 2 aliphatic rings. The molecule has 5 nitrogen and oxygen atoms in total. The molecule has 98 valence electrons. The molecular formula is C13H19N3O2. The van der Waals surface area contributed by atoms with Crippen LogP contribution < -0.4 is 5.32 Å². The molecule has 1 aliphatic heterocycles. The average molecular weight is 249 g/mol. The van der Waals surface area contributed by atoms with Crippen molar-refractivity contribution >= 4 is 5.91 Å². The number of amides is 1. The highest BCUT2D eigenvalue weighted by molar-refractivity contribution is 5.94. The second kappa shape index (κ2) is 4.72. The van der Waals surface area contributed by atoms with E-state index in [1.165, 1.54) is 0 Å². The van der Waals surface area contributed by atoms with E-state index in [0.717, 1.165) is 56.6 Å². The van der Waals surface area contributed by atoms with E-state index >= 15 is 0 Å². The number of nitrogens with one attached hydrogen (secondary N) is 1. The molecule has 0 unspecified atom stereocenters. The van der Waals surface area contributed by atoms with Crippen LogP contribution in [0.3, 0.4) is 0 Å². The lowest BCUT2D eigenvalue weighted by Crippen LogP contribution is -2.52. The Morgan fingerprint density at radius 1 is 1.44 bits per heavy atom. The first-order valence-electron chi connectivity index (χ1n) is 6.76. The van der Waals surface area contributed by atoms with Crippen molar-refractivity contribution in [1.82, 2.24) is 15.4 Å².